The number of aromatic nitrogens is 2. The zero-order chi connectivity index (χ0) is 19.9. The van der Waals surface area contributed by atoms with Crippen molar-refractivity contribution in [3.8, 4) is 5.75 Å². The van der Waals surface area contributed by atoms with Gasteiger partial charge < -0.3 is 9.30 Å². The second kappa shape index (κ2) is 7.97. The van der Waals surface area contributed by atoms with Crippen LogP contribution >= 0.6 is 27.7 Å². The van der Waals surface area contributed by atoms with Crippen LogP contribution in [0.2, 0.25) is 0 Å². The lowest BCUT2D eigenvalue weighted by Gasteiger charge is -2.34. The van der Waals surface area contributed by atoms with Crippen LogP contribution in [0.3, 0.4) is 0 Å². The van der Waals surface area contributed by atoms with Crippen molar-refractivity contribution in [3.05, 3.63) is 34.6 Å². The number of ether oxygens (including phenoxy) is 1. The largest absolute Gasteiger partial charge is 0.493 e. The van der Waals surface area contributed by atoms with Gasteiger partial charge in [-0.2, -0.15) is 4.31 Å². The summed E-state index contributed by atoms with van der Waals surface area (Å²) in [6, 6.07) is 3.23. The Morgan fingerprint density at radius 1 is 1.43 bits per heavy atom. The van der Waals surface area contributed by atoms with Gasteiger partial charge in [-0.25, -0.2) is 17.8 Å². The maximum atomic E-state index is 14.8. The molecular weight excluding hydrogens is 469 g/mol. The molecule has 152 valence electrons. The Kier molecular flexibility index (Phi) is 5.74. The Labute approximate surface area is 176 Å². The topological polar surface area (TPSA) is 64.4 Å². The molecule has 10 heteroatoms. The van der Waals surface area contributed by atoms with Gasteiger partial charge in [-0.3, -0.25) is 0 Å². The minimum absolute atomic E-state index is 0.117. The average molecular weight is 490 g/mol. The molecule has 0 N–H and O–H groups in total. The Morgan fingerprint density at radius 3 is 2.96 bits per heavy atom. The van der Waals surface area contributed by atoms with Gasteiger partial charge in [-0.05, 0) is 34.5 Å². The third-order valence-electron chi connectivity index (χ3n) is 5.23. The summed E-state index contributed by atoms with van der Waals surface area (Å²) in [6.45, 7) is 0.742. The van der Waals surface area contributed by atoms with Crippen molar-refractivity contribution >= 4 is 37.7 Å². The van der Waals surface area contributed by atoms with Crippen LogP contribution < -0.4 is 4.74 Å². The summed E-state index contributed by atoms with van der Waals surface area (Å²) in [4.78, 5) is 4.42. The fourth-order valence-corrected chi connectivity index (χ4v) is 7.39. The number of sulfonamides is 1. The normalized spacial score (nSPS) is 22.8. The quantitative estimate of drug-likeness (QED) is 0.603. The highest BCUT2D eigenvalue weighted by Crippen LogP contribution is 2.38. The Balaban J connectivity index is 1.45. The Hall–Kier alpha value is -1.10. The predicted molar refractivity (Wildman–Crippen MR) is 109 cm³/mol. The highest BCUT2D eigenvalue weighted by molar-refractivity contribution is 9.10. The first-order valence-electron chi connectivity index (χ1n) is 9.06. The lowest BCUT2D eigenvalue weighted by Crippen LogP contribution is -2.45. The van der Waals surface area contributed by atoms with Gasteiger partial charge in [0.05, 0.1) is 11.5 Å². The summed E-state index contributed by atoms with van der Waals surface area (Å²) >= 11 is 4.93. The fourth-order valence-electron chi connectivity index (χ4n) is 3.56. The minimum atomic E-state index is -3.77. The number of hydrogen-bond donors (Lipinski definition) is 0. The van der Waals surface area contributed by atoms with Crippen molar-refractivity contribution in [2.75, 3.05) is 25.4 Å². The molecule has 2 unspecified atom stereocenters. The molecular formula is C18H21BrFN3O3S2. The first-order chi connectivity index (χ1) is 13.4. The molecule has 28 heavy (non-hydrogen) atoms. The third-order valence-corrected chi connectivity index (χ3v) is 9.56. The lowest BCUT2D eigenvalue weighted by molar-refractivity contribution is 0.146. The number of piperidine rings is 1. The highest BCUT2D eigenvalue weighted by Gasteiger charge is 2.37. The standard InChI is InChI=1S/C18H21BrFN3O3S2/c1-22-8-6-21-18(22)27-11-12-4-7-23(10-14(12)20)28(24,25)16-3-2-15-13(17(16)19)5-9-26-15/h2-3,6,8,12,14H,4-5,7,9-11H2,1H3. The number of alkyl halides is 1. The zero-order valence-corrected chi connectivity index (χ0v) is 18.6. The van der Waals surface area contributed by atoms with Crippen LogP contribution in [0.4, 0.5) is 4.39 Å². The Morgan fingerprint density at radius 2 is 2.25 bits per heavy atom. The number of imidazole rings is 1. The summed E-state index contributed by atoms with van der Waals surface area (Å²) in [5.74, 6) is 1.10. The van der Waals surface area contributed by atoms with Gasteiger partial charge in [0.2, 0.25) is 10.0 Å². The molecule has 2 aliphatic rings. The van der Waals surface area contributed by atoms with E-state index in [2.05, 4.69) is 20.9 Å². The summed E-state index contributed by atoms with van der Waals surface area (Å²) < 4.78 is 50.2. The number of halogens is 2. The molecule has 6 nitrogen and oxygen atoms in total. The summed E-state index contributed by atoms with van der Waals surface area (Å²) in [5.41, 5.74) is 0.860. The molecule has 1 fully saturated rings. The number of rotatable bonds is 5. The molecule has 1 aromatic carbocycles. The van der Waals surface area contributed by atoms with Crippen molar-refractivity contribution in [3.63, 3.8) is 0 Å². The van der Waals surface area contributed by atoms with Crippen molar-refractivity contribution in [2.45, 2.75) is 29.1 Å². The molecule has 0 bridgehead atoms. The molecule has 3 heterocycles. The molecule has 4 rings (SSSR count). The van der Waals surface area contributed by atoms with Crippen molar-refractivity contribution in [1.82, 2.24) is 13.9 Å². The van der Waals surface area contributed by atoms with E-state index in [9.17, 15) is 12.8 Å². The van der Waals surface area contributed by atoms with E-state index in [0.29, 0.717) is 42.0 Å². The van der Waals surface area contributed by atoms with E-state index in [1.807, 2.05) is 17.8 Å². The number of nitrogens with zero attached hydrogens (tertiary/aromatic N) is 3. The lowest BCUT2D eigenvalue weighted by atomic mass is 9.98. The second-order valence-corrected chi connectivity index (χ2v) is 10.7. The molecule has 0 saturated carbocycles. The van der Waals surface area contributed by atoms with Gasteiger partial charge in [0.15, 0.2) is 5.16 Å². The molecule has 0 aliphatic carbocycles. The smallest absolute Gasteiger partial charge is 0.244 e. The van der Waals surface area contributed by atoms with Gasteiger partial charge in [0.25, 0.3) is 0 Å². The Bertz CT molecular complexity index is 982. The van der Waals surface area contributed by atoms with Gasteiger partial charge in [0.1, 0.15) is 11.9 Å². The number of hydrogen-bond acceptors (Lipinski definition) is 5. The number of benzene rings is 1. The summed E-state index contributed by atoms with van der Waals surface area (Å²) in [7, 11) is -1.87. The molecule has 0 amide bonds. The monoisotopic (exact) mass is 489 g/mol. The maximum absolute atomic E-state index is 14.8. The van der Waals surface area contributed by atoms with Crippen molar-refractivity contribution in [2.24, 2.45) is 13.0 Å². The SMILES string of the molecule is Cn1ccnc1SCC1CCN(S(=O)(=O)c2ccc3c(c2Br)CCO3)CC1F. The maximum Gasteiger partial charge on any atom is 0.244 e. The molecule has 2 aromatic rings. The van der Waals surface area contributed by atoms with Gasteiger partial charge in [0, 0.05) is 60.7 Å². The molecule has 1 saturated heterocycles. The second-order valence-electron chi connectivity index (χ2n) is 7.01. The van der Waals surface area contributed by atoms with E-state index in [4.69, 9.17) is 4.74 Å². The predicted octanol–water partition coefficient (Wildman–Crippen LogP) is 3.26. The van der Waals surface area contributed by atoms with E-state index >= 15 is 0 Å². The molecule has 2 aliphatic heterocycles. The summed E-state index contributed by atoms with van der Waals surface area (Å²) in [5, 5.41) is 0.839. The zero-order valence-electron chi connectivity index (χ0n) is 15.3. The molecule has 0 spiro atoms. The molecule has 1 aromatic heterocycles. The highest BCUT2D eigenvalue weighted by atomic mass is 79.9. The van der Waals surface area contributed by atoms with Gasteiger partial charge >= 0.3 is 0 Å². The first kappa shape index (κ1) is 20.2. The van der Waals surface area contributed by atoms with Crippen LogP contribution in [0.1, 0.15) is 12.0 Å². The van der Waals surface area contributed by atoms with Crippen molar-refractivity contribution < 1.29 is 17.5 Å². The van der Waals surface area contributed by atoms with Crippen LogP contribution in [-0.4, -0.2) is 53.9 Å². The number of thioether (sulfide) groups is 1. The van der Waals surface area contributed by atoms with Crippen LogP contribution in [0, 0.1) is 5.92 Å². The van der Waals surface area contributed by atoms with Crippen LogP contribution in [0.15, 0.2) is 39.1 Å². The van der Waals surface area contributed by atoms with Crippen molar-refractivity contribution in [1.29, 1.82) is 0 Å². The van der Waals surface area contributed by atoms with E-state index in [-0.39, 0.29) is 17.4 Å². The molecule has 0 radical (unpaired) electrons. The van der Waals surface area contributed by atoms with Crippen LogP contribution in [-0.2, 0) is 23.5 Å². The fraction of sp³-hybridized carbons (Fsp3) is 0.500. The van der Waals surface area contributed by atoms with Crippen LogP contribution in [0.25, 0.3) is 0 Å². The molecule has 2 atom stereocenters. The van der Waals surface area contributed by atoms with Gasteiger partial charge in [-0.15, -0.1) is 0 Å². The van der Waals surface area contributed by atoms with E-state index in [0.717, 1.165) is 10.7 Å². The third kappa shape index (κ3) is 3.71. The number of fused-ring (bicyclic) bond motifs is 1. The summed E-state index contributed by atoms with van der Waals surface area (Å²) in [6.07, 6.45) is 3.52. The van der Waals surface area contributed by atoms with Crippen LogP contribution in [0.5, 0.6) is 5.75 Å². The minimum Gasteiger partial charge on any atom is -0.493 e. The first-order valence-corrected chi connectivity index (χ1v) is 12.3. The van der Waals surface area contributed by atoms with E-state index in [1.165, 1.54) is 16.1 Å². The number of aryl methyl sites for hydroxylation is 1. The average Bonchev–Trinajstić information content (AvgIpc) is 3.30. The van der Waals surface area contributed by atoms with Gasteiger partial charge in [-0.1, -0.05) is 11.8 Å². The van der Waals surface area contributed by atoms with E-state index in [1.54, 1.807) is 18.3 Å². The van der Waals surface area contributed by atoms with E-state index < -0.39 is 16.2 Å².